The number of rotatable bonds is 7. The highest BCUT2D eigenvalue weighted by molar-refractivity contribution is 6.00. The van der Waals surface area contributed by atoms with E-state index < -0.39 is 23.7 Å². The smallest absolute Gasteiger partial charge is 0.407 e. The Labute approximate surface area is 254 Å². The number of hydrogen-bond acceptors (Lipinski definition) is 6. The summed E-state index contributed by atoms with van der Waals surface area (Å²) in [6.07, 6.45) is 3.31. The molecule has 3 amide bonds. The number of benzene rings is 2. The largest absolute Gasteiger partial charge is 0.465 e. The van der Waals surface area contributed by atoms with Gasteiger partial charge >= 0.3 is 12.1 Å². The van der Waals surface area contributed by atoms with Crippen LogP contribution in [0.5, 0.6) is 0 Å². The molecule has 0 bridgehead atoms. The van der Waals surface area contributed by atoms with Gasteiger partial charge in [-0.2, -0.15) is 0 Å². The average molecular weight is 592 g/mol. The van der Waals surface area contributed by atoms with Gasteiger partial charge in [-0.25, -0.2) is 9.59 Å². The van der Waals surface area contributed by atoms with E-state index in [4.69, 9.17) is 9.47 Å². The molecule has 0 aromatic heterocycles. The zero-order valence-corrected chi connectivity index (χ0v) is 26.1. The molecule has 2 aromatic carbocycles. The number of methoxy groups -OCH3 is 1. The summed E-state index contributed by atoms with van der Waals surface area (Å²) in [4.78, 5) is 53.9. The first-order valence-corrected chi connectivity index (χ1v) is 15.2. The Morgan fingerprint density at radius 3 is 2.23 bits per heavy atom. The summed E-state index contributed by atoms with van der Waals surface area (Å²) < 4.78 is 10.2. The van der Waals surface area contributed by atoms with Crippen LogP contribution in [-0.2, 0) is 19.1 Å². The van der Waals surface area contributed by atoms with Crippen molar-refractivity contribution in [1.82, 2.24) is 10.2 Å². The predicted octanol–water partition coefficient (Wildman–Crippen LogP) is 5.82. The Kier molecular flexibility index (Phi) is 10.1. The van der Waals surface area contributed by atoms with Crippen LogP contribution in [0.25, 0.3) is 0 Å². The van der Waals surface area contributed by atoms with Gasteiger partial charge in [-0.15, -0.1) is 0 Å². The molecule has 43 heavy (non-hydrogen) atoms. The molecule has 2 N–H and O–H groups in total. The fraction of sp³-hybridized carbons (Fsp3) is 0.529. The van der Waals surface area contributed by atoms with Crippen molar-refractivity contribution in [1.29, 1.82) is 0 Å². The summed E-state index contributed by atoms with van der Waals surface area (Å²) in [5.74, 6) is -0.713. The van der Waals surface area contributed by atoms with E-state index >= 15 is 0 Å². The molecule has 3 atom stereocenters. The molecule has 1 heterocycles. The van der Waals surface area contributed by atoms with Crippen LogP contribution >= 0.6 is 0 Å². The van der Waals surface area contributed by atoms with Gasteiger partial charge in [0.25, 0.3) is 0 Å². The van der Waals surface area contributed by atoms with Crippen LogP contribution in [-0.4, -0.2) is 60.1 Å². The van der Waals surface area contributed by atoms with Gasteiger partial charge < -0.3 is 25.0 Å². The van der Waals surface area contributed by atoms with Crippen molar-refractivity contribution in [2.75, 3.05) is 19.0 Å². The predicted molar refractivity (Wildman–Crippen MR) is 165 cm³/mol. The van der Waals surface area contributed by atoms with Crippen LogP contribution in [0, 0.1) is 18.8 Å². The molecular formula is C34H45N3O6. The van der Waals surface area contributed by atoms with E-state index in [0.29, 0.717) is 37.1 Å². The first-order chi connectivity index (χ1) is 20.4. The number of anilines is 1. The van der Waals surface area contributed by atoms with E-state index in [0.717, 1.165) is 24.0 Å². The molecule has 232 valence electrons. The summed E-state index contributed by atoms with van der Waals surface area (Å²) in [5, 5.41) is 6.00. The molecule has 1 saturated heterocycles. The summed E-state index contributed by atoms with van der Waals surface area (Å²) >= 11 is 0. The van der Waals surface area contributed by atoms with Gasteiger partial charge in [-0.3, -0.25) is 9.59 Å². The molecule has 0 spiro atoms. The number of ether oxygens (including phenoxy) is 2. The molecule has 1 aliphatic carbocycles. The van der Waals surface area contributed by atoms with Crippen molar-refractivity contribution in [3.63, 3.8) is 0 Å². The number of hydrogen-bond donors (Lipinski definition) is 2. The maximum atomic E-state index is 14.0. The highest BCUT2D eigenvalue weighted by Gasteiger charge is 2.45. The zero-order valence-electron chi connectivity index (χ0n) is 26.1. The second-order valence-electron chi connectivity index (χ2n) is 12.8. The summed E-state index contributed by atoms with van der Waals surface area (Å²) in [6.45, 7) is 9.83. The number of nitrogens with zero attached hydrogens (tertiary/aromatic N) is 1. The fourth-order valence-electron chi connectivity index (χ4n) is 6.38. The van der Waals surface area contributed by atoms with Crippen molar-refractivity contribution >= 4 is 29.6 Å². The van der Waals surface area contributed by atoms with E-state index in [-0.39, 0.29) is 35.6 Å². The SMILES string of the molecule is COC(=O)c1ccc(NC(=O)[C@@H]2[C@H](c3ccccc3)CCN2C(=O)C2CCC(C(C)NC(=O)OC(C)(C)C)CC2)c(C)c1. The number of alkyl carbamates (subject to hydrolysis) is 1. The van der Waals surface area contributed by atoms with Gasteiger partial charge in [0.05, 0.1) is 12.7 Å². The number of amides is 3. The number of esters is 1. The van der Waals surface area contributed by atoms with Crippen molar-refractivity contribution in [3.8, 4) is 0 Å². The van der Waals surface area contributed by atoms with E-state index in [9.17, 15) is 19.2 Å². The topological polar surface area (TPSA) is 114 Å². The monoisotopic (exact) mass is 591 g/mol. The number of carbonyl (C=O) groups excluding carboxylic acids is 4. The average Bonchev–Trinajstić information content (AvgIpc) is 3.42. The van der Waals surface area contributed by atoms with Crippen LogP contribution in [0.15, 0.2) is 48.5 Å². The van der Waals surface area contributed by atoms with Crippen molar-refractivity contribution in [2.24, 2.45) is 11.8 Å². The van der Waals surface area contributed by atoms with E-state index in [1.165, 1.54) is 7.11 Å². The Bertz CT molecular complexity index is 1310. The van der Waals surface area contributed by atoms with Gasteiger partial charge in [0.1, 0.15) is 11.6 Å². The van der Waals surface area contributed by atoms with Gasteiger partial charge in [-0.1, -0.05) is 30.3 Å². The van der Waals surface area contributed by atoms with Crippen molar-refractivity contribution in [3.05, 3.63) is 65.2 Å². The minimum absolute atomic E-state index is 0.0162. The molecule has 1 saturated carbocycles. The molecule has 1 unspecified atom stereocenters. The zero-order chi connectivity index (χ0) is 31.3. The maximum Gasteiger partial charge on any atom is 0.407 e. The lowest BCUT2D eigenvalue weighted by molar-refractivity contribution is -0.141. The Morgan fingerprint density at radius 2 is 1.63 bits per heavy atom. The lowest BCUT2D eigenvalue weighted by Gasteiger charge is -2.35. The van der Waals surface area contributed by atoms with Gasteiger partial charge in [0.2, 0.25) is 11.8 Å². The van der Waals surface area contributed by atoms with Crippen LogP contribution in [0.4, 0.5) is 10.5 Å². The molecule has 9 heteroatoms. The fourth-order valence-corrected chi connectivity index (χ4v) is 6.38. The number of carbonyl (C=O) groups is 4. The third-order valence-electron chi connectivity index (χ3n) is 8.66. The lowest BCUT2D eigenvalue weighted by Crippen LogP contribution is -2.48. The third kappa shape index (κ3) is 7.94. The number of aryl methyl sites for hydroxylation is 1. The number of nitrogens with one attached hydrogen (secondary N) is 2. The molecule has 2 fully saturated rings. The molecule has 0 radical (unpaired) electrons. The van der Waals surface area contributed by atoms with E-state index in [1.54, 1.807) is 23.1 Å². The first-order valence-electron chi connectivity index (χ1n) is 15.2. The highest BCUT2D eigenvalue weighted by atomic mass is 16.6. The Morgan fingerprint density at radius 1 is 0.953 bits per heavy atom. The molecule has 1 aliphatic heterocycles. The molecule has 2 aromatic rings. The normalized spacial score (nSPS) is 22.8. The minimum atomic E-state index is -0.653. The summed E-state index contributed by atoms with van der Waals surface area (Å²) in [6, 6.07) is 14.2. The second kappa shape index (κ2) is 13.6. The van der Waals surface area contributed by atoms with Gasteiger partial charge in [-0.05, 0) is 102 Å². The summed E-state index contributed by atoms with van der Waals surface area (Å²) in [7, 11) is 1.33. The second-order valence-corrected chi connectivity index (χ2v) is 12.8. The Balaban J connectivity index is 1.46. The van der Waals surface area contributed by atoms with Crippen LogP contribution < -0.4 is 10.6 Å². The molecule has 9 nitrogen and oxygen atoms in total. The standard InChI is InChI=1S/C34H45N3O6/c1-21-20-26(32(40)42-6)16-17-28(21)36-30(38)29-27(24-10-8-7-9-11-24)18-19-37(29)31(39)25-14-12-23(13-15-25)22(2)35-33(41)43-34(3,4)5/h7-11,16-17,20,22-23,25,27,29H,12-15,18-19H2,1-6H3,(H,35,41)(H,36,38)/t22?,23?,25?,27-,29-/m0/s1. The summed E-state index contributed by atoms with van der Waals surface area (Å²) in [5.41, 5.74) is 2.20. The number of likely N-dealkylation sites (tertiary alicyclic amines) is 1. The first kappa shape index (κ1) is 32.0. The molecule has 4 rings (SSSR count). The quantitative estimate of drug-likeness (QED) is 0.392. The van der Waals surface area contributed by atoms with Crippen molar-refractivity contribution in [2.45, 2.75) is 90.3 Å². The molecule has 2 aliphatic rings. The van der Waals surface area contributed by atoms with Gasteiger partial charge in [0, 0.05) is 30.1 Å². The van der Waals surface area contributed by atoms with Crippen molar-refractivity contribution < 1.29 is 28.7 Å². The lowest BCUT2D eigenvalue weighted by atomic mass is 9.78. The highest BCUT2D eigenvalue weighted by Crippen LogP contribution is 2.38. The van der Waals surface area contributed by atoms with Crippen LogP contribution in [0.1, 0.15) is 87.2 Å². The van der Waals surface area contributed by atoms with Crippen LogP contribution in [0.2, 0.25) is 0 Å². The van der Waals surface area contributed by atoms with Gasteiger partial charge in [0.15, 0.2) is 0 Å². The minimum Gasteiger partial charge on any atom is -0.465 e. The van der Waals surface area contributed by atoms with Crippen LogP contribution in [0.3, 0.4) is 0 Å². The Hall–Kier alpha value is -3.88. The third-order valence-corrected chi connectivity index (χ3v) is 8.66. The molecular weight excluding hydrogens is 546 g/mol. The van der Waals surface area contributed by atoms with E-state index in [2.05, 4.69) is 10.6 Å². The maximum absolute atomic E-state index is 14.0. The van der Waals surface area contributed by atoms with E-state index in [1.807, 2.05) is 65.0 Å².